The maximum Gasteiger partial charge on any atom is 0.319 e. The van der Waals surface area contributed by atoms with Crippen LogP contribution < -0.4 is 10.6 Å². The second-order valence-electron chi connectivity index (χ2n) is 8.05. The lowest BCUT2D eigenvalue weighted by atomic mass is 9.96. The van der Waals surface area contributed by atoms with Gasteiger partial charge in [-0.2, -0.15) is 10.4 Å². The van der Waals surface area contributed by atoms with Crippen molar-refractivity contribution in [2.75, 3.05) is 5.32 Å². The smallest absolute Gasteiger partial charge is 0.319 e. The van der Waals surface area contributed by atoms with Gasteiger partial charge in [0.2, 0.25) is 0 Å². The van der Waals surface area contributed by atoms with Crippen LogP contribution in [0.5, 0.6) is 0 Å². The summed E-state index contributed by atoms with van der Waals surface area (Å²) in [5.74, 6) is 0.164. The van der Waals surface area contributed by atoms with Gasteiger partial charge in [0.25, 0.3) is 0 Å². The highest BCUT2D eigenvalue weighted by atomic mass is 35.5. The van der Waals surface area contributed by atoms with Gasteiger partial charge >= 0.3 is 6.03 Å². The van der Waals surface area contributed by atoms with Crippen LogP contribution in [0.25, 0.3) is 5.69 Å². The van der Waals surface area contributed by atoms with Crippen LogP contribution in [-0.2, 0) is 0 Å². The first kappa shape index (κ1) is 21.7. The molecule has 0 saturated heterocycles. The van der Waals surface area contributed by atoms with Crippen LogP contribution in [0.1, 0.15) is 40.4 Å². The predicted octanol–water partition coefficient (Wildman–Crippen LogP) is 5.56. The SMILES string of the molecule is Cc1ccc(-n2nc(C)c([C@H]3C=C[C@@H](NC(=O)Nc4cccc(C#N)c4)C3)c2C)cc1Cl. The molecule has 2 aromatic carbocycles. The minimum absolute atomic E-state index is 0.0879. The lowest BCUT2D eigenvalue weighted by Crippen LogP contribution is -2.36. The number of amides is 2. The molecule has 1 aliphatic carbocycles. The first-order valence-electron chi connectivity index (χ1n) is 10.4. The van der Waals surface area contributed by atoms with Crippen molar-refractivity contribution in [3.05, 3.63) is 87.7 Å². The molecule has 1 aliphatic rings. The molecule has 162 valence electrons. The van der Waals surface area contributed by atoms with Gasteiger partial charge in [0, 0.05) is 33.9 Å². The molecule has 32 heavy (non-hydrogen) atoms. The van der Waals surface area contributed by atoms with E-state index < -0.39 is 0 Å². The van der Waals surface area contributed by atoms with Gasteiger partial charge in [-0.15, -0.1) is 0 Å². The number of nitrogens with one attached hydrogen (secondary N) is 2. The van der Waals surface area contributed by atoms with Crippen LogP contribution in [0.15, 0.2) is 54.6 Å². The first-order valence-corrected chi connectivity index (χ1v) is 10.8. The highest BCUT2D eigenvalue weighted by Crippen LogP contribution is 2.34. The van der Waals surface area contributed by atoms with Gasteiger partial charge in [0.15, 0.2) is 0 Å². The number of anilines is 1. The zero-order chi connectivity index (χ0) is 22.8. The van der Waals surface area contributed by atoms with Gasteiger partial charge < -0.3 is 10.6 Å². The number of rotatable bonds is 4. The Morgan fingerprint density at radius 3 is 2.75 bits per heavy atom. The standard InChI is InChI=1S/C25H24ClN5O/c1-15-7-10-22(13-23(15)26)31-17(3)24(16(2)30-31)19-8-9-21(12-19)29-25(32)28-20-6-4-5-18(11-20)14-27/h4-11,13,19,21H,12H2,1-3H3,(H2,28,29,32)/t19-,21+/m0/s1. The Labute approximate surface area is 192 Å². The molecule has 6 nitrogen and oxygen atoms in total. The molecule has 1 aromatic heterocycles. The summed E-state index contributed by atoms with van der Waals surface area (Å²) in [6.07, 6.45) is 4.91. The number of carbonyl (C=O) groups is 1. The molecule has 0 fully saturated rings. The van der Waals surface area contributed by atoms with Crippen molar-refractivity contribution in [2.45, 2.75) is 39.2 Å². The van der Waals surface area contributed by atoms with Crippen LogP contribution in [0, 0.1) is 32.1 Å². The van der Waals surface area contributed by atoms with Crippen molar-refractivity contribution in [3.63, 3.8) is 0 Å². The van der Waals surface area contributed by atoms with Gasteiger partial charge in [-0.3, -0.25) is 0 Å². The van der Waals surface area contributed by atoms with Crippen LogP contribution >= 0.6 is 11.6 Å². The summed E-state index contributed by atoms with van der Waals surface area (Å²) >= 11 is 6.32. The monoisotopic (exact) mass is 445 g/mol. The Bertz CT molecular complexity index is 1250. The highest BCUT2D eigenvalue weighted by molar-refractivity contribution is 6.31. The van der Waals surface area contributed by atoms with Gasteiger partial charge in [-0.25, -0.2) is 9.48 Å². The van der Waals surface area contributed by atoms with E-state index in [9.17, 15) is 4.79 Å². The van der Waals surface area contributed by atoms with Gasteiger partial charge in [-0.1, -0.05) is 35.9 Å². The second-order valence-corrected chi connectivity index (χ2v) is 8.46. The minimum Gasteiger partial charge on any atom is -0.332 e. The molecule has 2 N–H and O–H groups in total. The van der Waals surface area contributed by atoms with Crippen molar-refractivity contribution in [2.24, 2.45) is 0 Å². The Kier molecular flexibility index (Phi) is 6.02. The third-order valence-electron chi connectivity index (χ3n) is 5.77. The summed E-state index contributed by atoms with van der Waals surface area (Å²) in [5, 5.41) is 20.3. The Morgan fingerprint density at radius 2 is 2.00 bits per heavy atom. The molecule has 7 heteroatoms. The van der Waals surface area contributed by atoms with Gasteiger partial charge in [0.05, 0.1) is 23.0 Å². The van der Waals surface area contributed by atoms with E-state index in [4.69, 9.17) is 22.0 Å². The number of aromatic nitrogens is 2. The molecule has 0 spiro atoms. The van der Waals surface area contributed by atoms with E-state index in [1.807, 2.05) is 42.8 Å². The number of allylic oxidation sites excluding steroid dienone is 1. The Morgan fingerprint density at radius 1 is 1.19 bits per heavy atom. The van der Waals surface area contributed by atoms with E-state index in [0.29, 0.717) is 16.3 Å². The van der Waals surface area contributed by atoms with Crippen molar-refractivity contribution in [1.29, 1.82) is 5.26 Å². The maximum absolute atomic E-state index is 12.4. The molecule has 3 aromatic rings. The normalized spacial score (nSPS) is 17.2. The van der Waals surface area contributed by atoms with Crippen LogP contribution in [0.2, 0.25) is 5.02 Å². The number of halogens is 1. The Balaban J connectivity index is 1.45. The van der Waals surface area contributed by atoms with Crippen molar-refractivity contribution < 1.29 is 4.79 Å². The zero-order valence-corrected chi connectivity index (χ0v) is 18.9. The number of hydrogen-bond donors (Lipinski definition) is 2. The zero-order valence-electron chi connectivity index (χ0n) is 18.2. The molecule has 0 radical (unpaired) electrons. The summed E-state index contributed by atoms with van der Waals surface area (Å²) in [6, 6.07) is 14.5. The molecular weight excluding hydrogens is 422 g/mol. The topological polar surface area (TPSA) is 82.7 Å². The summed E-state index contributed by atoms with van der Waals surface area (Å²) in [6.45, 7) is 6.05. The fourth-order valence-corrected chi connectivity index (χ4v) is 4.35. The second kappa shape index (κ2) is 8.89. The lowest BCUT2D eigenvalue weighted by molar-refractivity contribution is 0.250. The minimum atomic E-state index is -0.297. The summed E-state index contributed by atoms with van der Waals surface area (Å²) in [5.41, 5.74) is 6.25. The largest absolute Gasteiger partial charge is 0.332 e. The predicted molar refractivity (Wildman–Crippen MR) is 126 cm³/mol. The third-order valence-corrected chi connectivity index (χ3v) is 6.17. The maximum atomic E-state index is 12.4. The number of urea groups is 1. The number of aryl methyl sites for hydroxylation is 2. The average Bonchev–Trinajstić information content (AvgIpc) is 3.33. The van der Waals surface area contributed by atoms with E-state index in [1.54, 1.807) is 24.3 Å². The summed E-state index contributed by atoms with van der Waals surface area (Å²) in [7, 11) is 0. The quantitative estimate of drug-likeness (QED) is 0.516. The molecule has 2 amide bonds. The molecule has 2 atom stereocenters. The highest BCUT2D eigenvalue weighted by Gasteiger charge is 2.27. The molecule has 0 saturated carbocycles. The molecule has 0 aliphatic heterocycles. The van der Waals surface area contributed by atoms with Crippen LogP contribution in [-0.4, -0.2) is 21.9 Å². The van der Waals surface area contributed by atoms with E-state index in [0.717, 1.165) is 29.1 Å². The molecule has 0 bridgehead atoms. The van der Waals surface area contributed by atoms with Crippen LogP contribution in [0.3, 0.4) is 0 Å². The number of benzene rings is 2. The lowest BCUT2D eigenvalue weighted by Gasteiger charge is -2.15. The summed E-state index contributed by atoms with van der Waals surface area (Å²) in [4.78, 5) is 12.4. The Hall–Kier alpha value is -3.56. The van der Waals surface area contributed by atoms with Crippen LogP contribution in [0.4, 0.5) is 10.5 Å². The number of nitrogens with zero attached hydrogens (tertiary/aromatic N) is 3. The van der Waals surface area contributed by atoms with E-state index in [2.05, 4.69) is 29.7 Å². The number of hydrogen-bond acceptors (Lipinski definition) is 3. The van der Waals surface area contributed by atoms with E-state index in [-0.39, 0.29) is 18.0 Å². The van der Waals surface area contributed by atoms with Crippen molar-refractivity contribution >= 4 is 23.3 Å². The van der Waals surface area contributed by atoms with Crippen molar-refractivity contribution in [3.8, 4) is 11.8 Å². The third kappa shape index (κ3) is 4.39. The van der Waals surface area contributed by atoms with Gasteiger partial charge in [-0.05, 0) is 63.1 Å². The number of carbonyl (C=O) groups excluding carboxylic acids is 1. The molecule has 0 unspecified atom stereocenters. The first-order chi connectivity index (χ1) is 15.4. The fourth-order valence-electron chi connectivity index (χ4n) is 4.18. The van der Waals surface area contributed by atoms with Crippen molar-refractivity contribution in [1.82, 2.24) is 15.1 Å². The van der Waals surface area contributed by atoms with E-state index in [1.165, 1.54) is 5.56 Å². The van der Waals surface area contributed by atoms with Gasteiger partial charge in [0.1, 0.15) is 0 Å². The molecule has 1 heterocycles. The average molecular weight is 446 g/mol. The van der Waals surface area contributed by atoms with E-state index >= 15 is 0 Å². The summed E-state index contributed by atoms with van der Waals surface area (Å²) < 4.78 is 1.93. The fraction of sp³-hybridized carbons (Fsp3) is 0.240. The number of nitriles is 1. The molecule has 4 rings (SSSR count). The molecular formula is C25H24ClN5O.